The quantitative estimate of drug-likeness (QED) is 0.831. The monoisotopic (exact) mass is 271 g/mol. The predicted molar refractivity (Wildman–Crippen MR) is 68.3 cm³/mol. The Bertz CT molecular complexity index is 599. The van der Waals surface area contributed by atoms with Crippen molar-refractivity contribution in [1.29, 1.82) is 10.5 Å². The van der Waals surface area contributed by atoms with Crippen LogP contribution in [0.25, 0.3) is 10.6 Å². The summed E-state index contributed by atoms with van der Waals surface area (Å²) in [6, 6.07) is 12.2. The Morgan fingerprint density at radius 1 is 1.21 bits per heavy atom. The highest BCUT2D eigenvalue weighted by Crippen LogP contribution is 2.23. The van der Waals surface area contributed by atoms with Gasteiger partial charge in [0.2, 0.25) is 6.04 Å². The summed E-state index contributed by atoms with van der Waals surface area (Å²) in [4.78, 5) is 5.03. The van der Waals surface area contributed by atoms with Crippen LogP contribution in [0.3, 0.4) is 0 Å². The minimum Gasteiger partial charge on any atom is -0.292 e. The molecular weight excluding hydrogens is 262 g/mol. The summed E-state index contributed by atoms with van der Waals surface area (Å²) in [5.74, 6) is 0. The second kappa shape index (κ2) is 6.57. The Kier molecular flexibility index (Phi) is 4.54. The molecule has 2 aromatic rings. The Hall–Kier alpha value is -2.32. The minimum atomic E-state index is -0.985. The van der Waals surface area contributed by atoms with Crippen LogP contribution in [0.5, 0.6) is 0 Å². The number of hydroxylamine groups is 1. The molecule has 7 heteroatoms. The van der Waals surface area contributed by atoms with Crippen molar-refractivity contribution in [2.45, 2.75) is 12.6 Å². The van der Waals surface area contributed by atoms with Gasteiger partial charge in [-0.15, -0.1) is 10.2 Å². The molecule has 0 unspecified atom stereocenters. The largest absolute Gasteiger partial charge is 0.292 e. The third kappa shape index (κ3) is 3.57. The molecule has 0 radical (unpaired) electrons. The van der Waals surface area contributed by atoms with Gasteiger partial charge in [-0.25, -0.2) is 0 Å². The van der Waals surface area contributed by atoms with Gasteiger partial charge in [-0.1, -0.05) is 41.7 Å². The second-order valence-electron chi connectivity index (χ2n) is 3.46. The zero-order chi connectivity index (χ0) is 13.5. The van der Waals surface area contributed by atoms with Crippen molar-refractivity contribution in [1.82, 2.24) is 15.7 Å². The zero-order valence-corrected chi connectivity index (χ0v) is 10.6. The van der Waals surface area contributed by atoms with Crippen LogP contribution in [0.1, 0.15) is 5.01 Å². The molecule has 94 valence electrons. The second-order valence-corrected chi connectivity index (χ2v) is 4.53. The van der Waals surface area contributed by atoms with Crippen molar-refractivity contribution >= 4 is 11.3 Å². The first kappa shape index (κ1) is 13.1. The van der Waals surface area contributed by atoms with Gasteiger partial charge in [0.05, 0.1) is 12.1 Å². The molecule has 0 spiro atoms. The Morgan fingerprint density at radius 2 is 1.95 bits per heavy atom. The van der Waals surface area contributed by atoms with E-state index in [1.54, 1.807) is 12.1 Å². The van der Waals surface area contributed by atoms with Crippen molar-refractivity contribution in [3.63, 3.8) is 0 Å². The van der Waals surface area contributed by atoms with Gasteiger partial charge in [0.1, 0.15) is 16.6 Å². The number of rotatable bonds is 5. The van der Waals surface area contributed by atoms with E-state index in [-0.39, 0.29) is 6.61 Å². The fourth-order valence-electron chi connectivity index (χ4n) is 1.28. The van der Waals surface area contributed by atoms with Crippen LogP contribution in [0.2, 0.25) is 0 Å². The third-order valence-corrected chi connectivity index (χ3v) is 3.09. The highest BCUT2D eigenvalue weighted by atomic mass is 32.1. The van der Waals surface area contributed by atoms with Gasteiger partial charge in [-0.2, -0.15) is 16.0 Å². The van der Waals surface area contributed by atoms with E-state index >= 15 is 0 Å². The minimum absolute atomic E-state index is 0.157. The summed E-state index contributed by atoms with van der Waals surface area (Å²) in [5, 5.41) is 26.6. The molecule has 6 nitrogen and oxygen atoms in total. The molecule has 1 N–H and O–H groups in total. The Balaban J connectivity index is 1.92. The van der Waals surface area contributed by atoms with Crippen LogP contribution in [0.4, 0.5) is 0 Å². The van der Waals surface area contributed by atoms with Crippen LogP contribution in [-0.2, 0) is 11.4 Å². The lowest BCUT2D eigenvalue weighted by molar-refractivity contribution is 0.0243. The van der Waals surface area contributed by atoms with Crippen molar-refractivity contribution in [3.8, 4) is 22.7 Å². The van der Waals surface area contributed by atoms with Crippen LogP contribution in [-0.4, -0.2) is 16.2 Å². The Labute approximate surface area is 113 Å². The van der Waals surface area contributed by atoms with E-state index in [0.717, 1.165) is 10.6 Å². The first-order chi connectivity index (χ1) is 9.33. The molecular formula is C12H9N5OS. The number of nitrogens with one attached hydrogen (secondary N) is 1. The summed E-state index contributed by atoms with van der Waals surface area (Å²) in [5.41, 5.74) is 3.33. The zero-order valence-electron chi connectivity index (χ0n) is 9.78. The summed E-state index contributed by atoms with van der Waals surface area (Å²) < 4.78 is 0. The lowest BCUT2D eigenvalue weighted by Crippen LogP contribution is -2.25. The van der Waals surface area contributed by atoms with Crippen molar-refractivity contribution in [3.05, 3.63) is 35.3 Å². The molecule has 0 bridgehead atoms. The van der Waals surface area contributed by atoms with Gasteiger partial charge in [0, 0.05) is 5.56 Å². The molecule has 19 heavy (non-hydrogen) atoms. The number of nitriles is 2. The smallest absolute Gasteiger partial charge is 0.204 e. The van der Waals surface area contributed by atoms with Crippen molar-refractivity contribution in [2.24, 2.45) is 0 Å². The SMILES string of the molecule is N#CC(C#N)NOCc1nnc(-c2ccccc2)s1. The number of hydrogen-bond donors (Lipinski definition) is 1. The van der Waals surface area contributed by atoms with Gasteiger partial charge in [0.25, 0.3) is 0 Å². The molecule has 0 fully saturated rings. The fourth-order valence-corrected chi connectivity index (χ4v) is 2.04. The average Bonchev–Trinajstić information content (AvgIpc) is 2.93. The molecule has 0 aliphatic carbocycles. The molecule has 1 aromatic heterocycles. The molecule has 0 saturated carbocycles. The molecule has 0 aliphatic rings. The first-order valence-electron chi connectivity index (χ1n) is 5.38. The molecule has 0 aliphatic heterocycles. The summed E-state index contributed by atoms with van der Waals surface area (Å²) in [6.45, 7) is 0.157. The number of aromatic nitrogens is 2. The van der Waals surface area contributed by atoms with Crippen LogP contribution >= 0.6 is 11.3 Å². The normalized spacial score (nSPS) is 10.1. The van der Waals surface area contributed by atoms with E-state index in [0.29, 0.717) is 5.01 Å². The van der Waals surface area contributed by atoms with Gasteiger partial charge < -0.3 is 0 Å². The third-order valence-electron chi connectivity index (χ3n) is 2.14. The van der Waals surface area contributed by atoms with Crippen LogP contribution in [0, 0.1) is 22.7 Å². The molecule has 0 saturated heterocycles. The highest BCUT2D eigenvalue weighted by molar-refractivity contribution is 7.14. The lowest BCUT2D eigenvalue weighted by Gasteiger charge is -2.01. The fraction of sp³-hybridized carbons (Fsp3) is 0.167. The molecule has 1 heterocycles. The van der Waals surface area contributed by atoms with E-state index in [1.807, 2.05) is 30.3 Å². The maximum atomic E-state index is 8.54. The maximum absolute atomic E-state index is 8.54. The maximum Gasteiger partial charge on any atom is 0.204 e. The summed E-state index contributed by atoms with van der Waals surface area (Å²) >= 11 is 1.40. The van der Waals surface area contributed by atoms with E-state index in [9.17, 15) is 0 Å². The standard InChI is InChI=1S/C12H9N5OS/c13-6-10(7-14)17-18-8-11-15-16-12(19-11)9-4-2-1-3-5-9/h1-5,10,17H,8H2. The van der Waals surface area contributed by atoms with Crippen molar-refractivity contribution < 1.29 is 4.84 Å². The van der Waals surface area contributed by atoms with E-state index in [4.69, 9.17) is 15.4 Å². The number of nitrogens with zero attached hydrogens (tertiary/aromatic N) is 4. The van der Waals surface area contributed by atoms with Crippen LogP contribution in [0.15, 0.2) is 30.3 Å². The average molecular weight is 271 g/mol. The van der Waals surface area contributed by atoms with E-state index < -0.39 is 6.04 Å². The van der Waals surface area contributed by atoms with E-state index in [1.165, 1.54) is 11.3 Å². The highest BCUT2D eigenvalue weighted by Gasteiger charge is 2.08. The lowest BCUT2D eigenvalue weighted by atomic mass is 10.2. The summed E-state index contributed by atoms with van der Waals surface area (Å²) in [7, 11) is 0. The number of hydrogen-bond acceptors (Lipinski definition) is 7. The van der Waals surface area contributed by atoms with Gasteiger partial charge >= 0.3 is 0 Å². The van der Waals surface area contributed by atoms with Crippen LogP contribution < -0.4 is 5.48 Å². The predicted octanol–water partition coefficient (Wildman–Crippen LogP) is 1.64. The molecule has 0 amide bonds. The number of benzene rings is 1. The van der Waals surface area contributed by atoms with Gasteiger partial charge in [-0.05, 0) is 0 Å². The van der Waals surface area contributed by atoms with Gasteiger partial charge in [0.15, 0.2) is 0 Å². The topological polar surface area (TPSA) is 94.6 Å². The summed E-state index contributed by atoms with van der Waals surface area (Å²) in [6.07, 6.45) is 0. The van der Waals surface area contributed by atoms with Crippen molar-refractivity contribution in [2.75, 3.05) is 0 Å². The molecule has 1 aromatic carbocycles. The molecule has 2 rings (SSSR count). The first-order valence-corrected chi connectivity index (χ1v) is 6.19. The Morgan fingerprint density at radius 3 is 2.63 bits per heavy atom. The van der Waals surface area contributed by atoms with E-state index in [2.05, 4.69) is 15.7 Å². The van der Waals surface area contributed by atoms with Gasteiger partial charge in [-0.3, -0.25) is 4.84 Å². The molecule has 0 atom stereocenters.